The van der Waals surface area contributed by atoms with E-state index >= 15 is 0 Å². The fourth-order valence-corrected chi connectivity index (χ4v) is 2.77. The second kappa shape index (κ2) is 5.73. The van der Waals surface area contributed by atoms with Crippen LogP contribution in [0.3, 0.4) is 0 Å². The van der Waals surface area contributed by atoms with Crippen molar-refractivity contribution in [2.24, 2.45) is 5.92 Å². The summed E-state index contributed by atoms with van der Waals surface area (Å²) in [5, 5.41) is 1.20. The number of thiazole rings is 1. The number of aromatic nitrogens is 1. The molecule has 0 aliphatic carbocycles. The number of nitrogens with zero attached hydrogens (tertiary/aromatic N) is 1. The van der Waals surface area contributed by atoms with Crippen LogP contribution < -0.4 is 0 Å². The largest absolute Gasteiger partial charge is 0.378 e. The zero-order chi connectivity index (χ0) is 10.6. The Hall–Kier alpha value is -0.0600. The summed E-state index contributed by atoms with van der Waals surface area (Å²) in [6.07, 6.45) is 1.05. The van der Waals surface area contributed by atoms with Gasteiger partial charge in [0.25, 0.3) is 0 Å². The van der Waals surface area contributed by atoms with Crippen molar-refractivity contribution in [3.8, 4) is 0 Å². The summed E-state index contributed by atoms with van der Waals surface area (Å²) < 4.78 is 5.10. The Bertz CT molecular complexity index is 284. The number of rotatable bonds is 5. The molecule has 1 rings (SSSR count). The van der Waals surface area contributed by atoms with Crippen molar-refractivity contribution < 1.29 is 4.74 Å². The lowest BCUT2D eigenvalue weighted by atomic mass is 10.1. The third kappa shape index (κ3) is 3.26. The van der Waals surface area contributed by atoms with E-state index in [2.05, 4.69) is 31.5 Å². The van der Waals surface area contributed by atoms with E-state index in [1.165, 1.54) is 9.88 Å². The van der Waals surface area contributed by atoms with Crippen LogP contribution in [0.2, 0.25) is 0 Å². The Morgan fingerprint density at radius 1 is 1.50 bits per heavy atom. The Kier molecular flexibility index (Phi) is 4.92. The van der Waals surface area contributed by atoms with Gasteiger partial charge in [-0.2, -0.15) is 12.6 Å². The fraction of sp³-hybridized carbons (Fsp3) is 0.700. The maximum absolute atomic E-state index is 5.10. The van der Waals surface area contributed by atoms with Crippen LogP contribution in [0, 0.1) is 5.92 Å². The van der Waals surface area contributed by atoms with Crippen LogP contribution in [-0.4, -0.2) is 12.1 Å². The zero-order valence-electron chi connectivity index (χ0n) is 8.91. The van der Waals surface area contributed by atoms with Crippen LogP contribution in [0.15, 0.2) is 0 Å². The van der Waals surface area contributed by atoms with Gasteiger partial charge in [0.1, 0.15) is 0 Å². The molecule has 14 heavy (non-hydrogen) atoms. The van der Waals surface area contributed by atoms with Gasteiger partial charge in [-0.15, -0.1) is 11.3 Å². The van der Waals surface area contributed by atoms with Crippen molar-refractivity contribution in [2.75, 3.05) is 7.11 Å². The summed E-state index contributed by atoms with van der Waals surface area (Å²) in [4.78, 5) is 5.80. The van der Waals surface area contributed by atoms with Crippen LogP contribution in [0.25, 0.3) is 0 Å². The summed E-state index contributed by atoms with van der Waals surface area (Å²) in [7, 11) is 1.70. The molecule has 0 N–H and O–H groups in total. The topological polar surface area (TPSA) is 22.1 Å². The first-order valence-electron chi connectivity index (χ1n) is 4.74. The normalized spacial score (nSPS) is 11.2. The Labute approximate surface area is 95.1 Å². The molecule has 0 atom stereocenters. The molecule has 0 fully saturated rings. The molecule has 2 nitrogen and oxygen atoms in total. The van der Waals surface area contributed by atoms with E-state index in [1.807, 2.05) is 0 Å². The SMILES string of the molecule is COCc1nc(CC(C)C)sc1CS. The molecule has 0 bridgehead atoms. The Morgan fingerprint density at radius 3 is 2.71 bits per heavy atom. The number of hydrogen-bond acceptors (Lipinski definition) is 4. The number of thiol groups is 1. The predicted molar refractivity (Wildman–Crippen MR) is 64.1 cm³/mol. The monoisotopic (exact) mass is 231 g/mol. The number of ether oxygens (including phenoxy) is 1. The third-order valence-electron chi connectivity index (χ3n) is 1.83. The second-order valence-corrected chi connectivity index (χ2v) is 5.15. The minimum atomic E-state index is 0.602. The molecule has 80 valence electrons. The quantitative estimate of drug-likeness (QED) is 0.787. The molecule has 0 unspecified atom stereocenters. The summed E-state index contributed by atoms with van der Waals surface area (Å²) in [6, 6.07) is 0. The van der Waals surface area contributed by atoms with E-state index in [0.717, 1.165) is 17.9 Å². The van der Waals surface area contributed by atoms with Crippen molar-refractivity contribution in [1.82, 2.24) is 4.98 Å². The molecule has 0 aliphatic rings. The lowest BCUT2D eigenvalue weighted by molar-refractivity contribution is 0.181. The van der Waals surface area contributed by atoms with Gasteiger partial charge < -0.3 is 4.74 Å². The maximum Gasteiger partial charge on any atom is 0.0935 e. The second-order valence-electron chi connectivity index (χ2n) is 3.67. The Morgan fingerprint density at radius 2 is 2.21 bits per heavy atom. The predicted octanol–water partition coefficient (Wildman–Crippen LogP) is 2.92. The van der Waals surface area contributed by atoms with Crippen LogP contribution in [-0.2, 0) is 23.5 Å². The van der Waals surface area contributed by atoms with Gasteiger partial charge in [0.2, 0.25) is 0 Å². The van der Waals surface area contributed by atoms with Gasteiger partial charge >= 0.3 is 0 Å². The molecule has 0 radical (unpaired) electrons. The first-order chi connectivity index (χ1) is 6.67. The van der Waals surface area contributed by atoms with E-state index in [1.54, 1.807) is 18.4 Å². The van der Waals surface area contributed by atoms with Crippen molar-refractivity contribution in [3.63, 3.8) is 0 Å². The molecular weight excluding hydrogens is 214 g/mol. The van der Waals surface area contributed by atoms with Gasteiger partial charge in [0, 0.05) is 24.2 Å². The van der Waals surface area contributed by atoms with Crippen molar-refractivity contribution in [2.45, 2.75) is 32.6 Å². The summed E-state index contributed by atoms with van der Waals surface area (Å²) in [5.74, 6) is 1.42. The zero-order valence-corrected chi connectivity index (χ0v) is 10.6. The molecule has 0 saturated carbocycles. The highest BCUT2D eigenvalue weighted by Gasteiger charge is 2.10. The molecular formula is C10H17NOS2. The molecule has 1 heterocycles. The van der Waals surface area contributed by atoms with Crippen LogP contribution in [0.1, 0.15) is 29.4 Å². The molecule has 0 saturated heterocycles. The number of methoxy groups -OCH3 is 1. The van der Waals surface area contributed by atoms with Crippen LogP contribution >= 0.6 is 24.0 Å². The molecule has 1 aromatic rings. The van der Waals surface area contributed by atoms with E-state index < -0.39 is 0 Å². The van der Waals surface area contributed by atoms with Crippen LogP contribution in [0.5, 0.6) is 0 Å². The van der Waals surface area contributed by atoms with Crippen LogP contribution in [0.4, 0.5) is 0 Å². The highest BCUT2D eigenvalue weighted by atomic mass is 32.1. The van der Waals surface area contributed by atoms with Gasteiger partial charge in [-0.3, -0.25) is 0 Å². The van der Waals surface area contributed by atoms with Crippen molar-refractivity contribution >= 4 is 24.0 Å². The molecule has 0 aliphatic heterocycles. The van der Waals surface area contributed by atoms with E-state index in [4.69, 9.17) is 4.74 Å². The molecule has 0 spiro atoms. The van der Waals surface area contributed by atoms with Crippen molar-refractivity contribution in [1.29, 1.82) is 0 Å². The van der Waals surface area contributed by atoms with Gasteiger partial charge in [-0.1, -0.05) is 13.8 Å². The highest BCUT2D eigenvalue weighted by molar-refractivity contribution is 7.79. The number of hydrogen-bond donors (Lipinski definition) is 1. The smallest absolute Gasteiger partial charge is 0.0935 e. The van der Waals surface area contributed by atoms with E-state index in [-0.39, 0.29) is 0 Å². The lowest BCUT2D eigenvalue weighted by Gasteiger charge is -1.98. The average Bonchev–Trinajstić information content (AvgIpc) is 2.47. The maximum atomic E-state index is 5.10. The van der Waals surface area contributed by atoms with Crippen molar-refractivity contribution in [3.05, 3.63) is 15.6 Å². The minimum absolute atomic E-state index is 0.602. The standard InChI is InChI=1S/C10H17NOS2/c1-7(2)4-10-11-8(5-12-3)9(6-13)14-10/h7,13H,4-6H2,1-3H3. The molecule has 0 aromatic carbocycles. The van der Waals surface area contributed by atoms with Gasteiger partial charge in [0.15, 0.2) is 0 Å². The molecule has 1 aromatic heterocycles. The fourth-order valence-electron chi connectivity index (χ4n) is 1.25. The first kappa shape index (κ1) is 12.0. The average molecular weight is 231 g/mol. The molecule has 0 amide bonds. The highest BCUT2D eigenvalue weighted by Crippen LogP contribution is 2.23. The van der Waals surface area contributed by atoms with E-state index in [9.17, 15) is 0 Å². The minimum Gasteiger partial charge on any atom is -0.378 e. The Balaban J connectivity index is 2.77. The third-order valence-corrected chi connectivity index (χ3v) is 3.48. The summed E-state index contributed by atoms with van der Waals surface area (Å²) in [6.45, 7) is 5.01. The van der Waals surface area contributed by atoms with E-state index in [0.29, 0.717) is 12.5 Å². The summed E-state index contributed by atoms with van der Waals surface area (Å²) in [5.41, 5.74) is 1.06. The van der Waals surface area contributed by atoms with Gasteiger partial charge in [0.05, 0.1) is 17.3 Å². The van der Waals surface area contributed by atoms with Gasteiger partial charge in [-0.25, -0.2) is 4.98 Å². The lowest BCUT2D eigenvalue weighted by Crippen LogP contribution is -1.95. The molecule has 4 heteroatoms. The first-order valence-corrected chi connectivity index (χ1v) is 6.19. The van der Waals surface area contributed by atoms with Gasteiger partial charge in [-0.05, 0) is 5.92 Å². The summed E-state index contributed by atoms with van der Waals surface area (Å²) >= 11 is 6.05.